The van der Waals surface area contributed by atoms with Crippen molar-refractivity contribution in [2.24, 2.45) is 0 Å². The molecule has 1 aliphatic rings. The van der Waals surface area contributed by atoms with E-state index < -0.39 is 0 Å². The Labute approximate surface area is 69.1 Å². The zero-order chi connectivity index (χ0) is 8.74. The third-order valence-corrected chi connectivity index (χ3v) is 1.36. The molecule has 1 heterocycles. The molecule has 1 aliphatic heterocycles. The highest BCUT2D eigenvalue weighted by Gasteiger charge is 2.34. The number of hydrogen-bond donors (Lipinski definition) is 0. The molecule has 0 aliphatic carbocycles. The third kappa shape index (κ3) is 5.62. The number of epoxide rings is 1. The molecular weight excluding hydrogens is 136 g/mol. The molecule has 1 rings (SSSR count). The van der Waals surface area contributed by atoms with Crippen LogP contribution in [0.2, 0.25) is 0 Å². The summed E-state index contributed by atoms with van der Waals surface area (Å²) < 4.78 is 4.93. The standard InChI is InChI=1S/C5H8O.C5H8/c1-3-5(2)4-6-5;1-3-5-4-2/h3H,1,4H2,2H3;3-5H,1H2,2H3. The largest absolute Gasteiger partial charge is 0.365 e. The lowest BCUT2D eigenvalue weighted by molar-refractivity contribution is 0.370. The quantitative estimate of drug-likeness (QED) is 0.337. The monoisotopic (exact) mass is 152 g/mol. The van der Waals surface area contributed by atoms with Crippen LogP contribution in [-0.2, 0) is 4.74 Å². The fraction of sp³-hybridized carbons (Fsp3) is 0.400. The van der Waals surface area contributed by atoms with Gasteiger partial charge in [-0.05, 0) is 13.8 Å². The van der Waals surface area contributed by atoms with Gasteiger partial charge in [-0.25, -0.2) is 0 Å². The zero-order valence-corrected chi connectivity index (χ0v) is 7.34. The van der Waals surface area contributed by atoms with Gasteiger partial charge in [-0.2, -0.15) is 0 Å². The first-order valence-electron chi connectivity index (χ1n) is 3.70. The Hall–Kier alpha value is -0.820. The van der Waals surface area contributed by atoms with Gasteiger partial charge in [0, 0.05) is 0 Å². The average molecular weight is 152 g/mol. The average Bonchev–Trinajstić information content (AvgIpc) is 2.73. The molecule has 0 spiro atoms. The van der Waals surface area contributed by atoms with E-state index in [1.54, 1.807) is 6.08 Å². The van der Waals surface area contributed by atoms with E-state index in [-0.39, 0.29) is 5.60 Å². The topological polar surface area (TPSA) is 12.5 Å². The van der Waals surface area contributed by atoms with E-state index in [9.17, 15) is 0 Å². The lowest BCUT2D eigenvalue weighted by atomic mass is 10.2. The molecule has 1 atom stereocenters. The van der Waals surface area contributed by atoms with Crippen LogP contribution in [0.5, 0.6) is 0 Å². The van der Waals surface area contributed by atoms with Crippen LogP contribution in [0.15, 0.2) is 37.5 Å². The summed E-state index contributed by atoms with van der Waals surface area (Å²) in [5.74, 6) is 0. The van der Waals surface area contributed by atoms with Gasteiger partial charge in [0.25, 0.3) is 0 Å². The van der Waals surface area contributed by atoms with Gasteiger partial charge in [0.05, 0.1) is 6.61 Å². The van der Waals surface area contributed by atoms with Crippen molar-refractivity contribution in [2.45, 2.75) is 19.4 Å². The maximum absolute atomic E-state index is 4.93. The number of ether oxygens (including phenoxy) is 1. The summed E-state index contributed by atoms with van der Waals surface area (Å²) in [5.41, 5.74) is 0.0556. The van der Waals surface area contributed by atoms with Gasteiger partial charge < -0.3 is 4.74 Å². The summed E-state index contributed by atoms with van der Waals surface area (Å²) in [5, 5.41) is 0. The summed E-state index contributed by atoms with van der Waals surface area (Å²) in [6, 6.07) is 0. The molecule has 0 aromatic carbocycles. The first-order chi connectivity index (χ1) is 5.18. The van der Waals surface area contributed by atoms with Gasteiger partial charge in [0.1, 0.15) is 5.60 Å². The van der Waals surface area contributed by atoms with Crippen LogP contribution < -0.4 is 0 Å². The molecule has 0 amide bonds. The molecule has 1 heteroatoms. The highest BCUT2D eigenvalue weighted by Crippen LogP contribution is 2.25. The Kier molecular flexibility index (Phi) is 4.55. The number of rotatable bonds is 2. The third-order valence-electron chi connectivity index (χ3n) is 1.36. The minimum absolute atomic E-state index is 0.0556. The van der Waals surface area contributed by atoms with Crippen molar-refractivity contribution in [1.29, 1.82) is 0 Å². The number of hydrogen-bond acceptors (Lipinski definition) is 1. The second-order valence-electron chi connectivity index (χ2n) is 2.57. The highest BCUT2D eigenvalue weighted by molar-refractivity contribution is 5.02. The van der Waals surface area contributed by atoms with Crippen LogP contribution in [-0.4, -0.2) is 12.2 Å². The molecule has 0 N–H and O–H groups in total. The van der Waals surface area contributed by atoms with Crippen LogP contribution in [0.4, 0.5) is 0 Å². The molecule has 11 heavy (non-hydrogen) atoms. The van der Waals surface area contributed by atoms with Crippen molar-refractivity contribution in [3.8, 4) is 0 Å². The molecule has 1 unspecified atom stereocenters. The maximum Gasteiger partial charge on any atom is 0.107 e. The zero-order valence-electron chi connectivity index (χ0n) is 7.34. The fourth-order valence-corrected chi connectivity index (χ4v) is 0.368. The second-order valence-corrected chi connectivity index (χ2v) is 2.57. The first kappa shape index (κ1) is 10.2. The lowest BCUT2D eigenvalue weighted by Crippen LogP contribution is -1.94. The van der Waals surface area contributed by atoms with Gasteiger partial charge >= 0.3 is 0 Å². The molecular formula is C10H16O. The predicted octanol–water partition coefficient (Wildman–Crippen LogP) is 2.71. The van der Waals surface area contributed by atoms with Crippen molar-refractivity contribution in [3.63, 3.8) is 0 Å². The van der Waals surface area contributed by atoms with Crippen LogP contribution in [0.1, 0.15) is 13.8 Å². The van der Waals surface area contributed by atoms with E-state index in [1.165, 1.54) is 0 Å². The molecule has 0 radical (unpaired) electrons. The fourth-order valence-electron chi connectivity index (χ4n) is 0.368. The molecule has 0 saturated carbocycles. The van der Waals surface area contributed by atoms with Gasteiger partial charge in [-0.3, -0.25) is 0 Å². The van der Waals surface area contributed by atoms with E-state index in [1.807, 2.05) is 32.1 Å². The van der Waals surface area contributed by atoms with Crippen LogP contribution in [0, 0.1) is 0 Å². The second kappa shape index (κ2) is 4.91. The van der Waals surface area contributed by atoms with Crippen LogP contribution in [0.3, 0.4) is 0 Å². The summed E-state index contributed by atoms with van der Waals surface area (Å²) in [4.78, 5) is 0. The predicted molar refractivity (Wildman–Crippen MR) is 49.6 cm³/mol. The van der Waals surface area contributed by atoms with Gasteiger partial charge in [-0.1, -0.05) is 30.9 Å². The Bertz CT molecular complexity index is 152. The smallest absolute Gasteiger partial charge is 0.107 e. The van der Waals surface area contributed by atoms with Crippen molar-refractivity contribution >= 4 is 0 Å². The van der Waals surface area contributed by atoms with E-state index in [0.29, 0.717) is 0 Å². The summed E-state index contributed by atoms with van der Waals surface area (Å²) >= 11 is 0. The van der Waals surface area contributed by atoms with Crippen molar-refractivity contribution in [2.75, 3.05) is 6.61 Å². The van der Waals surface area contributed by atoms with Gasteiger partial charge in [0.15, 0.2) is 0 Å². The maximum atomic E-state index is 4.93. The molecule has 0 aromatic rings. The van der Waals surface area contributed by atoms with E-state index >= 15 is 0 Å². The summed E-state index contributed by atoms with van der Waals surface area (Å²) in [7, 11) is 0. The lowest BCUT2D eigenvalue weighted by Gasteiger charge is -1.86. The minimum atomic E-state index is 0.0556. The van der Waals surface area contributed by atoms with E-state index in [0.717, 1.165) is 6.61 Å². The van der Waals surface area contributed by atoms with Gasteiger partial charge in [-0.15, -0.1) is 6.58 Å². The highest BCUT2D eigenvalue weighted by atomic mass is 16.6. The Balaban J connectivity index is 0.000000187. The molecule has 1 nitrogen and oxygen atoms in total. The van der Waals surface area contributed by atoms with E-state index in [2.05, 4.69) is 13.2 Å². The normalized spacial score (nSPS) is 27.1. The van der Waals surface area contributed by atoms with Gasteiger partial charge in [0.2, 0.25) is 0 Å². The molecule has 0 bridgehead atoms. The molecule has 1 saturated heterocycles. The van der Waals surface area contributed by atoms with E-state index in [4.69, 9.17) is 4.74 Å². The Morgan fingerprint density at radius 1 is 1.45 bits per heavy atom. The SMILES string of the molecule is C=CC1(C)CO1.C=CC=CC. The van der Waals surface area contributed by atoms with Crippen molar-refractivity contribution in [1.82, 2.24) is 0 Å². The van der Waals surface area contributed by atoms with Crippen LogP contribution >= 0.6 is 0 Å². The summed E-state index contributed by atoms with van der Waals surface area (Å²) in [6.07, 6.45) is 7.40. The molecule has 1 fully saturated rings. The minimum Gasteiger partial charge on any atom is -0.365 e. The Morgan fingerprint density at radius 2 is 2.00 bits per heavy atom. The Morgan fingerprint density at radius 3 is 2.00 bits per heavy atom. The van der Waals surface area contributed by atoms with Crippen molar-refractivity contribution < 1.29 is 4.74 Å². The summed E-state index contributed by atoms with van der Waals surface area (Å²) in [6.45, 7) is 11.9. The number of allylic oxidation sites excluding steroid dienone is 3. The first-order valence-corrected chi connectivity index (χ1v) is 3.70. The molecule has 0 aromatic heterocycles. The van der Waals surface area contributed by atoms with Crippen LogP contribution in [0.25, 0.3) is 0 Å². The van der Waals surface area contributed by atoms with Crippen molar-refractivity contribution in [3.05, 3.63) is 37.5 Å². The molecule has 62 valence electrons.